The average Bonchev–Trinajstić information content (AvgIpc) is 2.96. The van der Waals surface area contributed by atoms with Gasteiger partial charge in [-0.3, -0.25) is 4.79 Å². The average molecular weight is 299 g/mol. The lowest BCUT2D eigenvalue weighted by molar-refractivity contribution is -0.111. The van der Waals surface area contributed by atoms with Crippen molar-refractivity contribution in [1.82, 2.24) is 9.61 Å². The Bertz CT molecular complexity index is 871. The van der Waals surface area contributed by atoms with Crippen LogP contribution in [-0.2, 0) is 4.79 Å². The SMILES string of the molecule is O=C(C=Cc1cc(F)ccc1F)Nc1ccn2nccc2c1. The third-order valence-corrected chi connectivity index (χ3v) is 3.04. The summed E-state index contributed by atoms with van der Waals surface area (Å²) in [5.41, 5.74) is 1.43. The van der Waals surface area contributed by atoms with E-state index in [4.69, 9.17) is 0 Å². The number of halogens is 2. The number of carbonyl (C=O) groups excluding carboxylic acids is 1. The van der Waals surface area contributed by atoms with Crippen molar-refractivity contribution in [1.29, 1.82) is 0 Å². The fraction of sp³-hybridized carbons (Fsp3) is 0. The number of nitrogens with one attached hydrogen (secondary N) is 1. The molecular formula is C16H11F2N3O. The van der Waals surface area contributed by atoms with Crippen molar-refractivity contribution < 1.29 is 13.6 Å². The van der Waals surface area contributed by atoms with Crippen molar-refractivity contribution >= 4 is 23.2 Å². The summed E-state index contributed by atoms with van der Waals surface area (Å²) in [7, 11) is 0. The minimum atomic E-state index is -0.592. The molecule has 110 valence electrons. The monoisotopic (exact) mass is 299 g/mol. The van der Waals surface area contributed by atoms with Crippen LogP contribution in [0, 0.1) is 11.6 Å². The zero-order valence-electron chi connectivity index (χ0n) is 11.3. The van der Waals surface area contributed by atoms with Crippen molar-refractivity contribution in [3.05, 3.63) is 72.1 Å². The van der Waals surface area contributed by atoms with Crippen molar-refractivity contribution in [2.75, 3.05) is 5.32 Å². The molecule has 2 aromatic heterocycles. The number of carbonyl (C=O) groups is 1. The largest absolute Gasteiger partial charge is 0.322 e. The first-order valence-electron chi connectivity index (χ1n) is 6.49. The lowest BCUT2D eigenvalue weighted by Crippen LogP contribution is -2.08. The molecule has 6 heteroatoms. The maximum atomic E-state index is 13.4. The molecule has 0 aliphatic carbocycles. The van der Waals surface area contributed by atoms with Crippen LogP contribution in [0.3, 0.4) is 0 Å². The smallest absolute Gasteiger partial charge is 0.248 e. The van der Waals surface area contributed by atoms with Crippen molar-refractivity contribution in [3.63, 3.8) is 0 Å². The molecular weight excluding hydrogens is 288 g/mol. The highest BCUT2D eigenvalue weighted by Crippen LogP contribution is 2.13. The second-order valence-electron chi connectivity index (χ2n) is 4.60. The molecule has 0 spiro atoms. The van der Waals surface area contributed by atoms with E-state index in [1.165, 1.54) is 6.08 Å². The van der Waals surface area contributed by atoms with Gasteiger partial charge in [0.2, 0.25) is 5.91 Å². The number of nitrogens with zero attached hydrogens (tertiary/aromatic N) is 2. The molecule has 0 atom stereocenters. The molecule has 0 saturated carbocycles. The Morgan fingerprint density at radius 3 is 2.91 bits per heavy atom. The van der Waals surface area contributed by atoms with Crippen LogP contribution in [0.5, 0.6) is 0 Å². The van der Waals surface area contributed by atoms with Gasteiger partial charge >= 0.3 is 0 Å². The van der Waals surface area contributed by atoms with Crippen LogP contribution in [0.15, 0.2) is 54.9 Å². The van der Waals surface area contributed by atoms with Gasteiger partial charge in [-0.15, -0.1) is 0 Å². The van der Waals surface area contributed by atoms with Crippen LogP contribution < -0.4 is 5.32 Å². The van der Waals surface area contributed by atoms with Crippen molar-refractivity contribution in [3.8, 4) is 0 Å². The number of rotatable bonds is 3. The molecule has 0 aliphatic rings. The summed E-state index contributed by atoms with van der Waals surface area (Å²) < 4.78 is 28.1. The van der Waals surface area contributed by atoms with Crippen molar-refractivity contribution in [2.45, 2.75) is 0 Å². The summed E-state index contributed by atoms with van der Waals surface area (Å²) in [5, 5.41) is 6.69. The van der Waals surface area contributed by atoms with E-state index in [0.717, 1.165) is 29.8 Å². The quantitative estimate of drug-likeness (QED) is 0.755. The van der Waals surface area contributed by atoms with E-state index in [0.29, 0.717) is 5.69 Å². The molecule has 0 unspecified atom stereocenters. The zero-order valence-corrected chi connectivity index (χ0v) is 11.3. The molecule has 2 heterocycles. The third kappa shape index (κ3) is 3.01. The van der Waals surface area contributed by atoms with Crippen LogP contribution in [0.2, 0.25) is 0 Å². The fourth-order valence-electron chi connectivity index (χ4n) is 1.99. The maximum absolute atomic E-state index is 13.4. The highest BCUT2D eigenvalue weighted by Gasteiger charge is 2.03. The van der Waals surface area contributed by atoms with Gasteiger partial charge in [0.25, 0.3) is 0 Å². The highest BCUT2D eigenvalue weighted by atomic mass is 19.1. The first kappa shape index (κ1) is 13.9. The molecule has 1 aromatic carbocycles. The Labute approximate surface area is 124 Å². The number of pyridine rings is 1. The molecule has 0 saturated heterocycles. The fourth-order valence-corrected chi connectivity index (χ4v) is 1.99. The minimum Gasteiger partial charge on any atom is -0.322 e. The van der Waals surface area contributed by atoms with E-state index in [1.807, 2.05) is 0 Å². The van der Waals surface area contributed by atoms with E-state index >= 15 is 0 Å². The molecule has 1 N–H and O–H groups in total. The summed E-state index contributed by atoms with van der Waals surface area (Å²) in [6.07, 6.45) is 5.73. The third-order valence-electron chi connectivity index (χ3n) is 3.04. The Morgan fingerprint density at radius 2 is 2.05 bits per heavy atom. The van der Waals surface area contributed by atoms with Crippen LogP contribution in [0.1, 0.15) is 5.56 Å². The van der Waals surface area contributed by atoms with Gasteiger partial charge in [0.1, 0.15) is 11.6 Å². The van der Waals surface area contributed by atoms with Crippen LogP contribution in [0.25, 0.3) is 11.6 Å². The molecule has 1 amide bonds. The molecule has 3 aromatic rings. The number of hydrogen-bond acceptors (Lipinski definition) is 2. The standard InChI is InChI=1S/C16H11F2N3O/c17-12-2-3-15(18)11(9-12)1-4-16(22)20-13-6-8-21-14(10-13)5-7-19-21/h1-10H,(H,20,22). The first-order chi connectivity index (χ1) is 10.6. The van der Waals surface area contributed by atoms with Gasteiger partial charge in [-0.1, -0.05) is 0 Å². The summed E-state index contributed by atoms with van der Waals surface area (Å²) >= 11 is 0. The number of amides is 1. The molecule has 22 heavy (non-hydrogen) atoms. The summed E-state index contributed by atoms with van der Waals surface area (Å²) in [6, 6.07) is 8.30. The first-order valence-corrected chi connectivity index (χ1v) is 6.49. The summed E-state index contributed by atoms with van der Waals surface area (Å²) in [5.74, 6) is -1.59. The number of hydrogen-bond donors (Lipinski definition) is 1. The van der Waals surface area contributed by atoms with Crippen molar-refractivity contribution in [2.24, 2.45) is 0 Å². The predicted molar refractivity (Wildman–Crippen MR) is 79.2 cm³/mol. The zero-order chi connectivity index (χ0) is 15.5. The Hall–Kier alpha value is -3.02. The minimum absolute atomic E-state index is 0.0152. The maximum Gasteiger partial charge on any atom is 0.248 e. The summed E-state index contributed by atoms with van der Waals surface area (Å²) in [4.78, 5) is 11.8. The molecule has 0 bridgehead atoms. The highest BCUT2D eigenvalue weighted by molar-refractivity contribution is 6.02. The van der Waals surface area contributed by atoms with E-state index in [9.17, 15) is 13.6 Å². The molecule has 0 aliphatic heterocycles. The van der Waals surface area contributed by atoms with Gasteiger partial charge in [0, 0.05) is 29.7 Å². The number of benzene rings is 1. The number of aromatic nitrogens is 2. The molecule has 3 rings (SSSR count). The lowest BCUT2D eigenvalue weighted by atomic mass is 10.2. The van der Waals surface area contributed by atoms with Crippen LogP contribution in [0.4, 0.5) is 14.5 Å². The van der Waals surface area contributed by atoms with Crippen LogP contribution in [-0.4, -0.2) is 15.5 Å². The topological polar surface area (TPSA) is 46.4 Å². The predicted octanol–water partition coefficient (Wildman–Crippen LogP) is 3.26. The second kappa shape index (κ2) is 5.77. The molecule has 0 radical (unpaired) electrons. The number of fused-ring (bicyclic) bond motifs is 1. The lowest BCUT2D eigenvalue weighted by Gasteiger charge is -2.03. The van der Waals surface area contributed by atoms with Gasteiger partial charge in [0.15, 0.2) is 0 Å². The normalized spacial score (nSPS) is 11.2. The van der Waals surface area contributed by atoms with Gasteiger partial charge in [-0.05, 0) is 42.5 Å². The van der Waals surface area contributed by atoms with Gasteiger partial charge in [0.05, 0.1) is 5.52 Å². The van der Waals surface area contributed by atoms with Gasteiger partial charge in [-0.2, -0.15) is 5.10 Å². The molecule has 4 nitrogen and oxygen atoms in total. The van der Waals surface area contributed by atoms with Crippen LogP contribution >= 0.6 is 0 Å². The number of anilines is 1. The van der Waals surface area contributed by atoms with E-state index in [1.54, 1.807) is 35.1 Å². The Morgan fingerprint density at radius 1 is 1.18 bits per heavy atom. The van der Waals surface area contributed by atoms with E-state index < -0.39 is 17.5 Å². The van der Waals surface area contributed by atoms with Gasteiger partial charge < -0.3 is 5.32 Å². The Balaban J connectivity index is 1.74. The summed E-state index contributed by atoms with van der Waals surface area (Å²) in [6.45, 7) is 0. The molecule has 0 fully saturated rings. The Kier molecular flexibility index (Phi) is 3.65. The second-order valence-corrected chi connectivity index (χ2v) is 4.60. The van der Waals surface area contributed by atoms with E-state index in [2.05, 4.69) is 10.4 Å². The van der Waals surface area contributed by atoms with Gasteiger partial charge in [-0.25, -0.2) is 13.3 Å². The van der Waals surface area contributed by atoms with E-state index in [-0.39, 0.29) is 5.56 Å².